The van der Waals surface area contributed by atoms with Gasteiger partial charge in [0.25, 0.3) is 5.91 Å². The average molecular weight is 390 g/mol. The van der Waals surface area contributed by atoms with Crippen molar-refractivity contribution in [3.8, 4) is 11.3 Å². The van der Waals surface area contributed by atoms with Crippen molar-refractivity contribution in [3.05, 3.63) is 66.1 Å². The van der Waals surface area contributed by atoms with Crippen molar-refractivity contribution in [2.45, 2.75) is 52.1 Å². The van der Waals surface area contributed by atoms with Crippen molar-refractivity contribution in [1.82, 2.24) is 24.4 Å². The third kappa shape index (κ3) is 4.21. The molecule has 3 aromatic rings. The Labute approximate surface area is 171 Å². The maximum Gasteiger partial charge on any atom is 0.257 e. The lowest BCUT2D eigenvalue weighted by molar-refractivity contribution is 0.0595. The molecule has 1 atom stereocenters. The molecule has 3 heterocycles. The largest absolute Gasteiger partial charge is 0.335 e. The van der Waals surface area contributed by atoms with Crippen LogP contribution < -0.4 is 0 Å². The molecular weight excluding hydrogens is 362 g/mol. The van der Waals surface area contributed by atoms with Crippen LogP contribution in [0.3, 0.4) is 0 Å². The van der Waals surface area contributed by atoms with E-state index in [0.717, 1.165) is 55.9 Å². The average Bonchev–Trinajstić information content (AvgIpc) is 3.17. The number of hydrogen-bond donors (Lipinski definition) is 0. The quantitative estimate of drug-likeness (QED) is 0.661. The molecule has 1 saturated heterocycles. The normalized spacial score (nSPS) is 16.8. The molecule has 1 fully saturated rings. The Bertz CT molecular complexity index is 982. The number of hydrogen-bond acceptors (Lipinski definition) is 4. The van der Waals surface area contributed by atoms with Crippen LogP contribution in [0.5, 0.6) is 0 Å². The number of carbonyl (C=O) groups excluding carboxylic acids is 1. The lowest BCUT2D eigenvalue weighted by Gasteiger charge is -2.36. The first-order valence-corrected chi connectivity index (χ1v) is 10.3. The van der Waals surface area contributed by atoms with Gasteiger partial charge in [0.1, 0.15) is 11.6 Å². The van der Waals surface area contributed by atoms with Gasteiger partial charge in [-0.3, -0.25) is 4.79 Å². The second-order valence-corrected chi connectivity index (χ2v) is 7.65. The van der Waals surface area contributed by atoms with Crippen molar-refractivity contribution >= 4 is 5.91 Å². The van der Waals surface area contributed by atoms with E-state index in [1.807, 2.05) is 61.5 Å². The van der Waals surface area contributed by atoms with E-state index < -0.39 is 0 Å². The maximum absolute atomic E-state index is 13.6. The molecule has 1 unspecified atom stereocenters. The molecule has 2 aromatic heterocycles. The lowest BCUT2D eigenvalue weighted by Crippen LogP contribution is -2.44. The van der Waals surface area contributed by atoms with Crippen LogP contribution in [0.4, 0.5) is 0 Å². The summed E-state index contributed by atoms with van der Waals surface area (Å²) in [4.78, 5) is 28.9. The van der Waals surface area contributed by atoms with E-state index >= 15 is 0 Å². The summed E-state index contributed by atoms with van der Waals surface area (Å²) in [6.07, 6.45) is 9.69. The number of aryl methyl sites for hydroxylation is 3. The summed E-state index contributed by atoms with van der Waals surface area (Å²) in [6.45, 7) is 5.53. The van der Waals surface area contributed by atoms with Gasteiger partial charge in [-0.25, -0.2) is 15.0 Å². The van der Waals surface area contributed by atoms with E-state index in [1.165, 1.54) is 0 Å². The van der Waals surface area contributed by atoms with Crippen LogP contribution in [-0.2, 0) is 6.54 Å². The summed E-state index contributed by atoms with van der Waals surface area (Å²) >= 11 is 0. The lowest BCUT2D eigenvalue weighted by atomic mass is 9.97. The monoisotopic (exact) mass is 389 g/mol. The number of likely N-dealkylation sites (tertiary alicyclic amines) is 1. The second-order valence-electron chi connectivity index (χ2n) is 7.65. The molecule has 0 saturated carbocycles. The summed E-state index contributed by atoms with van der Waals surface area (Å²) < 4.78 is 2.15. The first kappa shape index (κ1) is 19.3. The molecule has 6 heteroatoms. The van der Waals surface area contributed by atoms with Crippen LogP contribution in [-0.4, -0.2) is 42.9 Å². The standard InChI is InChI=1S/C23H27N5O/c1-17-25-16-21(22(26-17)19-8-4-3-5-9-19)23(29)28-13-7-6-10-20(28)11-14-27-15-12-24-18(27)2/h3-5,8-9,12,15-16,20H,6-7,10-11,13-14H2,1-2H3. The molecule has 150 valence electrons. The SMILES string of the molecule is Cc1ncc(C(=O)N2CCCCC2CCn2ccnc2C)c(-c2ccccc2)n1. The molecule has 1 aromatic carbocycles. The highest BCUT2D eigenvalue weighted by Crippen LogP contribution is 2.27. The fourth-order valence-electron chi connectivity index (χ4n) is 4.09. The molecule has 29 heavy (non-hydrogen) atoms. The third-order valence-electron chi connectivity index (χ3n) is 5.70. The van der Waals surface area contributed by atoms with Gasteiger partial charge in [-0.1, -0.05) is 30.3 Å². The molecule has 0 bridgehead atoms. The summed E-state index contributed by atoms with van der Waals surface area (Å²) in [5, 5.41) is 0. The van der Waals surface area contributed by atoms with E-state index in [9.17, 15) is 4.79 Å². The first-order chi connectivity index (χ1) is 14.1. The number of nitrogens with zero attached hydrogens (tertiary/aromatic N) is 5. The molecule has 1 aliphatic rings. The van der Waals surface area contributed by atoms with Crippen LogP contribution in [0, 0.1) is 13.8 Å². The highest BCUT2D eigenvalue weighted by atomic mass is 16.2. The minimum Gasteiger partial charge on any atom is -0.335 e. The predicted octanol–water partition coefficient (Wildman–Crippen LogP) is 4.04. The molecule has 4 rings (SSSR count). The Morgan fingerprint density at radius 1 is 1.14 bits per heavy atom. The Balaban J connectivity index is 1.59. The van der Waals surface area contributed by atoms with Gasteiger partial charge in [0.2, 0.25) is 0 Å². The fraction of sp³-hybridized carbons (Fsp3) is 0.391. The minimum absolute atomic E-state index is 0.0379. The molecule has 1 amide bonds. The number of piperidine rings is 1. The maximum atomic E-state index is 13.6. The summed E-state index contributed by atoms with van der Waals surface area (Å²) in [5.41, 5.74) is 2.26. The molecule has 0 spiro atoms. The third-order valence-corrected chi connectivity index (χ3v) is 5.70. The van der Waals surface area contributed by atoms with Gasteiger partial charge in [0, 0.05) is 43.3 Å². The molecular formula is C23H27N5O. The number of imidazole rings is 1. The van der Waals surface area contributed by atoms with Crippen LogP contribution in [0.15, 0.2) is 48.9 Å². The minimum atomic E-state index is 0.0379. The smallest absolute Gasteiger partial charge is 0.257 e. The van der Waals surface area contributed by atoms with Gasteiger partial charge in [-0.05, 0) is 39.5 Å². The topological polar surface area (TPSA) is 63.9 Å². The molecule has 0 N–H and O–H groups in total. The highest BCUT2D eigenvalue weighted by molar-refractivity contribution is 5.99. The number of rotatable bonds is 5. The van der Waals surface area contributed by atoms with E-state index in [-0.39, 0.29) is 11.9 Å². The Morgan fingerprint density at radius 2 is 1.97 bits per heavy atom. The molecule has 6 nitrogen and oxygen atoms in total. The molecule has 0 radical (unpaired) electrons. The number of benzene rings is 1. The van der Waals surface area contributed by atoms with Crippen LogP contribution in [0.1, 0.15) is 47.7 Å². The van der Waals surface area contributed by atoms with Crippen molar-refractivity contribution in [3.63, 3.8) is 0 Å². The zero-order valence-electron chi connectivity index (χ0n) is 17.1. The number of aromatic nitrogens is 4. The van der Waals surface area contributed by atoms with E-state index in [1.54, 1.807) is 6.20 Å². The van der Waals surface area contributed by atoms with Crippen LogP contribution in [0.25, 0.3) is 11.3 Å². The first-order valence-electron chi connectivity index (χ1n) is 10.3. The van der Waals surface area contributed by atoms with E-state index in [0.29, 0.717) is 11.4 Å². The fourth-order valence-corrected chi connectivity index (χ4v) is 4.09. The van der Waals surface area contributed by atoms with Gasteiger partial charge in [0.15, 0.2) is 0 Å². The van der Waals surface area contributed by atoms with Crippen molar-refractivity contribution < 1.29 is 4.79 Å². The molecule has 0 aliphatic carbocycles. The second kappa shape index (κ2) is 8.55. The number of amides is 1. The Kier molecular flexibility index (Phi) is 5.69. The zero-order valence-corrected chi connectivity index (χ0v) is 17.1. The van der Waals surface area contributed by atoms with Crippen LogP contribution in [0.2, 0.25) is 0 Å². The van der Waals surface area contributed by atoms with Crippen molar-refractivity contribution in [2.24, 2.45) is 0 Å². The van der Waals surface area contributed by atoms with Gasteiger partial charge in [0.05, 0.1) is 11.3 Å². The van der Waals surface area contributed by atoms with Crippen molar-refractivity contribution in [2.75, 3.05) is 6.54 Å². The van der Waals surface area contributed by atoms with Crippen LogP contribution >= 0.6 is 0 Å². The van der Waals surface area contributed by atoms with Gasteiger partial charge >= 0.3 is 0 Å². The highest BCUT2D eigenvalue weighted by Gasteiger charge is 2.29. The molecule has 1 aliphatic heterocycles. The Hall–Kier alpha value is -3.02. The zero-order chi connectivity index (χ0) is 20.2. The van der Waals surface area contributed by atoms with Crippen molar-refractivity contribution in [1.29, 1.82) is 0 Å². The predicted molar refractivity (Wildman–Crippen MR) is 112 cm³/mol. The summed E-state index contributed by atoms with van der Waals surface area (Å²) in [7, 11) is 0. The van der Waals surface area contributed by atoms with Gasteiger partial charge < -0.3 is 9.47 Å². The Morgan fingerprint density at radius 3 is 2.72 bits per heavy atom. The van der Waals surface area contributed by atoms with Gasteiger partial charge in [-0.2, -0.15) is 0 Å². The van der Waals surface area contributed by atoms with E-state index in [4.69, 9.17) is 0 Å². The summed E-state index contributed by atoms with van der Waals surface area (Å²) in [6, 6.07) is 10.1. The van der Waals surface area contributed by atoms with Gasteiger partial charge in [-0.15, -0.1) is 0 Å². The van der Waals surface area contributed by atoms with E-state index in [2.05, 4.69) is 19.5 Å². The summed E-state index contributed by atoms with van der Waals surface area (Å²) in [5.74, 6) is 1.72. The number of carbonyl (C=O) groups is 1.